The van der Waals surface area contributed by atoms with Gasteiger partial charge in [0.15, 0.2) is 5.96 Å². The topological polar surface area (TPSA) is 45.7 Å². The molecular formula is C18H26IN3OS. The predicted molar refractivity (Wildman–Crippen MR) is 114 cm³/mol. The lowest BCUT2D eigenvalue weighted by Crippen LogP contribution is -2.41. The van der Waals surface area contributed by atoms with Crippen molar-refractivity contribution < 1.29 is 4.74 Å². The van der Waals surface area contributed by atoms with Crippen LogP contribution in [-0.2, 0) is 4.74 Å². The zero-order chi connectivity index (χ0) is 16.5. The van der Waals surface area contributed by atoms with Gasteiger partial charge in [0.2, 0.25) is 0 Å². The van der Waals surface area contributed by atoms with E-state index in [2.05, 4.69) is 52.2 Å². The van der Waals surface area contributed by atoms with Crippen molar-refractivity contribution in [1.82, 2.24) is 10.6 Å². The summed E-state index contributed by atoms with van der Waals surface area (Å²) in [4.78, 5) is 5.67. The average molecular weight is 459 g/mol. The van der Waals surface area contributed by atoms with Gasteiger partial charge in [-0.1, -0.05) is 43.3 Å². The molecule has 24 heavy (non-hydrogen) atoms. The molecular weight excluding hydrogens is 433 g/mol. The van der Waals surface area contributed by atoms with E-state index in [4.69, 9.17) is 4.74 Å². The number of halogens is 1. The number of hydrogen-bond acceptors (Lipinski definition) is 3. The molecule has 1 aromatic carbocycles. The standard InChI is InChI=1S/C18H25N3OS.HI/c1-14(17-10-7-11-23-17)12-20-18(19-2)21-13-16(22-3)15-8-5-4-6-9-15;/h4-11,14,16H,12-13H2,1-3H3,(H2,19,20,21);1H. The van der Waals surface area contributed by atoms with Crippen LogP contribution in [0.5, 0.6) is 0 Å². The van der Waals surface area contributed by atoms with Crippen molar-refractivity contribution in [2.24, 2.45) is 4.99 Å². The Morgan fingerprint density at radius 1 is 1.12 bits per heavy atom. The monoisotopic (exact) mass is 459 g/mol. The van der Waals surface area contributed by atoms with Crippen LogP contribution in [0.25, 0.3) is 0 Å². The molecule has 2 N–H and O–H groups in total. The number of aliphatic imine (C=N–C) groups is 1. The highest BCUT2D eigenvalue weighted by Gasteiger charge is 2.12. The normalized spacial score (nSPS) is 13.7. The Morgan fingerprint density at radius 2 is 1.83 bits per heavy atom. The van der Waals surface area contributed by atoms with Gasteiger partial charge in [0.1, 0.15) is 0 Å². The first-order valence-corrected chi connectivity index (χ1v) is 8.68. The predicted octanol–water partition coefficient (Wildman–Crippen LogP) is 4.02. The third-order valence-electron chi connectivity index (χ3n) is 3.74. The van der Waals surface area contributed by atoms with Crippen LogP contribution < -0.4 is 10.6 Å². The fourth-order valence-corrected chi connectivity index (χ4v) is 3.12. The van der Waals surface area contributed by atoms with E-state index < -0.39 is 0 Å². The van der Waals surface area contributed by atoms with Gasteiger partial charge in [-0.25, -0.2) is 0 Å². The van der Waals surface area contributed by atoms with Gasteiger partial charge < -0.3 is 15.4 Å². The van der Waals surface area contributed by atoms with E-state index in [1.165, 1.54) is 4.88 Å². The second kappa shape index (κ2) is 11.4. The fraction of sp³-hybridized carbons (Fsp3) is 0.389. The quantitative estimate of drug-likeness (QED) is 0.374. The van der Waals surface area contributed by atoms with E-state index in [-0.39, 0.29) is 30.1 Å². The average Bonchev–Trinajstić information content (AvgIpc) is 3.13. The van der Waals surface area contributed by atoms with Gasteiger partial charge in [0.05, 0.1) is 6.10 Å². The molecule has 0 saturated carbocycles. The van der Waals surface area contributed by atoms with Gasteiger partial charge in [-0.15, -0.1) is 35.3 Å². The van der Waals surface area contributed by atoms with E-state index in [1.807, 2.05) is 18.2 Å². The van der Waals surface area contributed by atoms with Crippen molar-refractivity contribution in [2.45, 2.75) is 18.9 Å². The number of rotatable bonds is 7. The SMILES string of the molecule is CN=C(NCC(C)c1cccs1)NCC(OC)c1ccccc1.I. The highest BCUT2D eigenvalue weighted by atomic mass is 127. The number of nitrogens with zero attached hydrogens (tertiary/aromatic N) is 1. The number of benzene rings is 1. The van der Waals surface area contributed by atoms with Crippen LogP contribution in [0.15, 0.2) is 52.8 Å². The summed E-state index contributed by atoms with van der Waals surface area (Å²) in [7, 11) is 3.52. The highest BCUT2D eigenvalue weighted by molar-refractivity contribution is 14.0. The molecule has 0 aliphatic rings. The minimum Gasteiger partial charge on any atom is -0.375 e. The molecule has 1 heterocycles. The van der Waals surface area contributed by atoms with Gasteiger partial charge >= 0.3 is 0 Å². The van der Waals surface area contributed by atoms with E-state index in [9.17, 15) is 0 Å². The van der Waals surface area contributed by atoms with Crippen LogP contribution in [0.1, 0.15) is 29.4 Å². The molecule has 2 atom stereocenters. The molecule has 1 aromatic heterocycles. The van der Waals surface area contributed by atoms with Gasteiger partial charge in [0.25, 0.3) is 0 Å². The van der Waals surface area contributed by atoms with Crippen molar-refractivity contribution in [1.29, 1.82) is 0 Å². The summed E-state index contributed by atoms with van der Waals surface area (Å²) in [5, 5.41) is 8.83. The Labute approximate surface area is 165 Å². The Morgan fingerprint density at radius 3 is 2.42 bits per heavy atom. The largest absolute Gasteiger partial charge is 0.375 e. The second-order valence-electron chi connectivity index (χ2n) is 5.39. The number of guanidine groups is 1. The molecule has 0 bridgehead atoms. The molecule has 2 unspecified atom stereocenters. The lowest BCUT2D eigenvalue weighted by atomic mass is 10.1. The van der Waals surface area contributed by atoms with Crippen LogP contribution in [0.4, 0.5) is 0 Å². The number of thiophene rings is 1. The summed E-state index contributed by atoms with van der Waals surface area (Å²) in [5.41, 5.74) is 1.16. The fourth-order valence-electron chi connectivity index (χ4n) is 2.34. The molecule has 6 heteroatoms. The maximum absolute atomic E-state index is 5.57. The molecule has 0 radical (unpaired) electrons. The maximum Gasteiger partial charge on any atom is 0.191 e. The van der Waals surface area contributed by atoms with Gasteiger partial charge in [-0.2, -0.15) is 0 Å². The zero-order valence-electron chi connectivity index (χ0n) is 14.4. The zero-order valence-corrected chi connectivity index (χ0v) is 17.5. The van der Waals surface area contributed by atoms with E-state index in [1.54, 1.807) is 25.5 Å². The smallest absolute Gasteiger partial charge is 0.191 e. The minimum absolute atomic E-state index is 0. The van der Waals surface area contributed by atoms with Crippen molar-refractivity contribution in [3.05, 3.63) is 58.3 Å². The minimum atomic E-state index is 0. The molecule has 0 saturated heterocycles. The van der Waals surface area contributed by atoms with Crippen LogP contribution in [0.3, 0.4) is 0 Å². The number of nitrogens with one attached hydrogen (secondary N) is 2. The van der Waals surface area contributed by atoms with Crippen molar-refractivity contribution >= 4 is 41.3 Å². The molecule has 0 spiro atoms. The summed E-state index contributed by atoms with van der Waals surface area (Å²) < 4.78 is 5.57. The molecule has 0 fully saturated rings. The number of ether oxygens (including phenoxy) is 1. The molecule has 4 nitrogen and oxygen atoms in total. The summed E-state index contributed by atoms with van der Waals surface area (Å²) in [5.74, 6) is 1.26. The van der Waals surface area contributed by atoms with Gasteiger partial charge in [-0.3, -0.25) is 4.99 Å². The highest BCUT2D eigenvalue weighted by Crippen LogP contribution is 2.19. The molecule has 0 amide bonds. The lowest BCUT2D eigenvalue weighted by molar-refractivity contribution is 0.106. The summed E-state index contributed by atoms with van der Waals surface area (Å²) >= 11 is 1.79. The van der Waals surface area contributed by atoms with Crippen LogP contribution in [0.2, 0.25) is 0 Å². The third-order valence-corrected chi connectivity index (χ3v) is 4.84. The summed E-state index contributed by atoms with van der Waals surface area (Å²) in [6.07, 6.45) is 0.00414. The third kappa shape index (κ3) is 6.41. The molecule has 0 aliphatic heterocycles. The van der Waals surface area contributed by atoms with E-state index >= 15 is 0 Å². The van der Waals surface area contributed by atoms with Crippen molar-refractivity contribution in [2.75, 3.05) is 27.2 Å². The Balaban J connectivity index is 0.00000288. The summed E-state index contributed by atoms with van der Waals surface area (Å²) in [6.45, 7) is 3.74. The number of methoxy groups -OCH3 is 1. The van der Waals surface area contributed by atoms with E-state index in [0.29, 0.717) is 12.5 Å². The van der Waals surface area contributed by atoms with Crippen LogP contribution in [0, 0.1) is 0 Å². The molecule has 2 aromatic rings. The summed E-state index contributed by atoms with van der Waals surface area (Å²) in [6, 6.07) is 14.5. The van der Waals surface area contributed by atoms with Crippen molar-refractivity contribution in [3.63, 3.8) is 0 Å². The van der Waals surface area contributed by atoms with Crippen LogP contribution >= 0.6 is 35.3 Å². The molecule has 132 valence electrons. The first-order chi connectivity index (χ1) is 11.2. The Hall–Kier alpha value is -1.12. The Kier molecular flexibility index (Phi) is 9.97. The second-order valence-corrected chi connectivity index (χ2v) is 6.36. The van der Waals surface area contributed by atoms with Crippen molar-refractivity contribution in [3.8, 4) is 0 Å². The van der Waals surface area contributed by atoms with Gasteiger partial charge in [0, 0.05) is 38.0 Å². The molecule has 0 aliphatic carbocycles. The Bertz CT molecular complexity index is 590. The van der Waals surface area contributed by atoms with Gasteiger partial charge in [-0.05, 0) is 17.0 Å². The number of hydrogen-bond donors (Lipinski definition) is 2. The maximum atomic E-state index is 5.57. The first-order valence-electron chi connectivity index (χ1n) is 7.80. The van der Waals surface area contributed by atoms with E-state index in [0.717, 1.165) is 18.1 Å². The van der Waals surface area contributed by atoms with Crippen LogP contribution in [-0.4, -0.2) is 33.2 Å². The first kappa shape index (κ1) is 20.9. The molecule has 2 rings (SSSR count). The lowest BCUT2D eigenvalue weighted by Gasteiger charge is -2.19.